The van der Waals surface area contributed by atoms with Gasteiger partial charge in [-0.05, 0) is 13.8 Å². The van der Waals surface area contributed by atoms with E-state index in [4.69, 9.17) is 0 Å². The zero-order chi connectivity index (χ0) is 15.6. The highest BCUT2D eigenvalue weighted by Crippen LogP contribution is 2.27. The Kier molecular flexibility index (Phi) is 4.70. The number of hydrogen-bond acceptors (Lipinski definition) is 6. The van der Waals surface area contributed by atoms with Crippen molar-refractivity contribution in [3.63, 3.8) is 0 Å². The average molecular weight is 312 g/mol. The first kappa shape index (κ1) is 16.0. The van der Waals surface area contributed by atoms with E-state index < -0.39 is 9.84 Å². The zero-order valence-corrected chi connectivity index (χ0v) is 14.0. The number of nitrogens with zero attached hydrogens (tertiary/aromatic N) is 3. The van der Waals surface area contributed by atoms with Crippen molar-refractivity contribution in [1.82, 2.24) is 9.97 Å². The Hall–Kier alpha value is -1.37. The lowest BCUT2D eigenvalue weighted by atomic mass is 10.2. The van der Waals surface area contributed by atoms with Crippen molar-refractivity contribution >= 4 is 21.5 Å². The summed E-state index contributed by atoms with van der Waals surface area (Å²) in [5.74, 6) is 3.13. The molecule has 2 rings (SSSR count). The summed E-state index contributed by atoms with van der Waals surface area (Å²) in [5, 5.41) is 3.27. The molecule has 118 valence electrons. The molecule has 0 aromatic carbocycles. The van der Waals surface area contributed by atoms with Crippen molar-refractivity contribution in [2.24, 2.45) is 0 Å². The van der Waals surface area contributed by atoms with Gasteiger partial charge < -0.3 is 10.2 Å². The lowest BCUT2D eigenvalue weighted by Crippen LogP contribution is -2.41. The highest BCUT2D eigenvalue weighted by atomic mass is 32.2. The van der Waals surface area contributed by atoms with Gasteiger partial charge in [0.2, 0.25) is 0 Å². The van der Waals surface area contributed by atoms with Crippen molar-refractivity contribution in [3.8, 4) is 0 Å². The number of nitrogens with one attached hydrogen (secondary N) is 1. The smallest absolute Gasteiger partial charge is 0.153 e. The van der Waals surface area contributed by atoms with Crippen LogP contribution in [0.3, 0.4) is 0 Å². The second kappa shape index (κ2) is 6.17. The molecule has 1 N–H and O–H groups in total. The third kappa shape index (κ3) is 3.64. The maximum Gasteiger partial charge on any atom is 0.153 e. The lowest BCUT2D eigenvalue weighted by molar-refractivity contribution is 0.586. The molecule has 0 amide bonds. The van der Waals surface area contributed by atoms with Crippen molar-refractivity contribution < 1.29 is 8.42 Å². The predicted molar refractivity (Wildman–Crippen MR) is 85.9 cm³/mol. The SMILES string of the molecule is CCNc1nc(C(C)C)nc(N2CCS(=O)(=O)CC2)c1C. The molecule has 0 unspecified atom stereocenters. The first-order valence-corrected chi connectivity index (χ1v) is 9.24. The van der Waals surface area contributed by atoms with Gasteiger partial charge in [0.25, 0.3) is 0 Å². The fourth-order valence-corrected chi connectivity index (χ4v) is 3.55. The number of rotatable bonds is 4. The summed E-state index contributed by atoms with van der Waals surface area (Å²) in [7, 11) is -2.88. The minimum absolute atomic E-state index is 0.198. The second-order valence-electron chi connectivity index (χ2n) is 5.70. The maximum absolute atomic E-state index is 11.6. The molecular formula is C14H24N4O2S. The Balaban J connectivity index is 2.37. The third-order valence-corrected chi connectivity index (χ3v) is 5.25. The zero-order valence-electron chi connectivity index (χ0n) is 13.2. The summed E-state index contributed by atoms with van der Waals surface area (Å²) in [6.07, 6.45) is 0. The van der Waals surface area contributed by atoms with Crippen LogP contribution in [0, 0.1) is 6.92 Å². The van der Waals surface area contributed by atoms with Gasteiger partial charge in [-0.1, -0.05) is 13.8 Å². The third-order valence-electron chi connectivity index (χ3n) is 3.64. The summed E-state index contributed by atoms with van der Waals surface area (Å²) in [5.41, 5.74) is 0.987. The van der Waals surface area contributed by atoms with Gasteiger partial charge >= 0.3 is 0 Å². The largest absolute Gasteiger partial charge is 0.370 e. The van der Waals surface area contributed by atoms with Crippen molar-refractivity contribution in [1.29, 1.82) is 0 Å². The van der Waals surface area contributed by atoms with Gasteiger partial charge in [-0.3, -0.25) is 0 Å². The Labute approximate surface area is 126 Å². The van der Waals surface area contributed by atoms with E-state index in [9.17, 15) is 8.42 Å². The summed E-state index contributed by atoms with van der Waals surface area (Å²) < 4.78 is 23.2. The molecule has 1 aliphatic heterocycles. The van der Waals surface area contributed by atoms with Gasteiger partial charge in [-0.15, -0.1) is 0 Å². The molecule has 0 saturated carbocycles. The van der Waals surface area contributed by atoms with Crippen LogP contribution in [0.5, 0.6) is 0 Å². The van der Waals surface area contributed by atoms with Crippen molar-refractivity contribution in [3.05, 3.63) is 11.4 Å². The fraction of sp³-hybridized carbons (Fsp3) is 0.714. The monoisotopic (exact) mass is 312 g/mol. The van der Waals surface area contributed by atoms with Crippen LogP contribution in [0.15, 0.2) is 0 Å². The number of anilines is 2. The lowest BCUT2D eigenvalue weighted by Gasteiger charge is -2.30. The van der Waals surface area contributed by atoms with Crippen LogP contribution in [0.2, 0.25) is 0 Å². The van der Waals surface area contributed by atoms with Crippen LogP contribution in [-0.2, 0) is 9.84 Å². The minimum Gasteiger partial charge on any atom is -0.370 e. The minimum atomic E-state index is -2.88. The molecule has 1 aromatic rings. The molecule has 2 heterocycles. The van der Waals surface area contributed by atoms with Crippen LogP contribution in [0.4, 0.5) is 11.6 Å². The van der Waals surface area contributed by atoms with Gasteiger partial charge in [0.05, 0.1) is 11.5 Å². The summed E-state index contributed by atoms with van der Waals surface area (Å²) in [4.78, 5) is 11.3. The van der Waals surface area contributed by atoms with E-state index in [0.717, 1.165) is 29.6 Å². The summed E-state index contributed by atoms with van der Waals surface area (Å²) in [6, 6.07) is 0. The summed E-state index contributed by atoms with van der Waals surface area (Å²) in [6.45, 7) is 9.94. The standard InChI is InChI=1S/C14H24N4O2S/c1-5-15-13-11(4)14(17-12(16-13)10(2)3)18-6-8-21(19,20)9-7-18/h10H,5-9H2,1-4H3,(H,15,16,17). The Morgan fingerprint density at radius 2 is 1.86 bits per heavy atom. The van der Waals surface area contributed by atoms with E-state index in [0.29, 0.717) is 13.1 Å². The van der Waals surface area contributed by atoms with E-state index >= 15 is 0 Å². The molecule has 6 nitrogen and oxygen atoms in total. The van der Waals surface area contributed by atoms with Crippen molar-refractivity contribution in [2.75, 3.05) is 41.4 Å². The molecule has 0 atom stereocenters. The van der Waals surface area contributed by atoms with Crippen molar-refractivity contribution in [2.45, 2.75) is 33.6 Å². The van der Waals surface area contributed by atoms with Crippen LogP contribution >= 0.6 is 0 Å². The van der Waals surface area contributed by atoms with Crippen LogP contribution in [0.1, 0.15) is 38.1 Å². The Morgan fingerprint density at radius 1 is 1.24 bits per heavy atom. The predicted octanol–water partition coefficient (Wildman–Crippen LogP) is 1.58. The molecule has 0 spiro atoms. The number of hydrogen-bond donors (Lipinski definition) is 1. The highest BCUT2D eigenvalue weighted by Gasteiger charge is 2.25. The van der Waals surface area contributed by atoms with Crippen LogP contribution in [0.25, 0.3) is 0 Å². The van der Waals surface area contributed by atoms with Gasteiger partial charge in [-0.2, -0.15) is 0 Å². The number of sulfone groups is 1. The normalized spacial score (nSPS) is 18.0. The van der Waals surface area contributed by atoms with E-state index in [1.54, 1.807) is 0 Å². The first-order chi connectivity index (χ1) is 9.84. The van der Waals surface area contributed by atoms with E-state index in [1.807, 2.05) is 13.8 Å². The van der Waals surface area contributed by atoms with Gasteiger partial charge in [0, 0.05) is 31.1 Å². The number of aromatic nitrogens is 2. The van der Waals surface area contributed by atoms with E-state index in [2.05, 4.69) is 34.0 Å². The maximum atomic E-state index is 11.6. The molecule has 1 aromatic heterocycles. The van der Waals surface area contributed by atoms with E-state index in [-0.39, 0.29) is 17.4 Å². The Morgan fingerprint density at radius 3 is 2.38 bits per heavy atom. The van der Waals surface area contributed by atoms with Gasteiger partial charge in [0.1, 0.15) is 17.5 Å². The van der Waals surface area contributed by atoms with Crippen LogP contribution in [-0.4, -0.2) is 49.5 Å². The molecule has 0 radical (unpaired) electrons. The molecular weight excluding hydrogens is 288 g/mol. The highest BCUT2D eigenvalue weighted by molar-refractivity contribution is 7.91. The van der Waals surface area contributed by atoms with Crippen LogP contribution < -0.4 is 10.2 Å². The molecule has 7 heteroatoms. The second-order valence-corrected chi connectivity index (χ2v) is 8.01. The summed E-state index contributed by atoms with van der Waals surface area (Å²) >= 11 is 0. The topological polar surface area (TPSA) is 75.2 Å². The van der Waals surface area contributed by atoms with Gasteiger partial charge in [0.15, 0.2) is 9.84 Å². The molecule has 0 bridgehead atoms. The quantitative estimate of drug-likeness (QED) is 0.909. The van der Waals surface area contributed by atoms with E-state index in [1.165, 1.54) is 0 Å². The molecule has 0 aliphatic carbocycles. The molecule has 1 saturated heterocycles. The van der Waals surface area contributed by atoms with Gasteiger partial charge in [-0.25, -0.2) is 18.4 Å². The molecule has 1 aliphatic rings. The average Bonchev–Trinajstić information content (AvgIpc) is 2.41. The molecule has 21 heavy (non-hydrogen) atoms. The first-order valence-electron chi connectivity index (χ1n) is 7.42. The Bertz CT molecular complexity index is 600. The molecule has 1 fully saturated rings. The fourth-order valence-electron chi connectivity index (χ4n) is 2.35.